The number of ketones is 2. The van der Waals surface area contributed by atoms with E-state index in [-0.39, 0.29) is 11.6 Å². The fraction of sp³-hybridized carbons (Fsp3) is 0.508. The number of ether oxygens (including phenoxy) is 8. The third-order valence-corrected chi connectivity index (χ3v) is 16.2. The molecule has 4 fully saturated rings. The third-order valence-electron chi connectivity index (χ3n) is 15.5. The van der Waals surface area contributed by atoms with Crippen LogP contribution in [-0.4, -0.2) is 134 Å². The lowest BCUT2D eigenvalue weighted by atomic mass is 9.77. The first kappa shape index (κ1) is 57.8. The van der Waals surface area contributed by atoms with Crippen molar-refractivity contribution in [2.24, 2.45) is 10.8 Å². The summed E-state index contributed by atoms with van der Waals surface area (Å²) >= 11 is 13.0. The number of halogens is 2. The van der Waals surface area contributed by atoms with E-state index in [0.29, 0.717) is 128 Å². The lowest BCUT2D eigenvalue weighted by Crippen LogP contribution is -2.51. The summed E-state index contributed by atoms with van der Waals surface area (Å²) in [4.78, 5) is 46.9. The molecule has 2 aromatic heterocycles. The molecule has 10 rings (SSSR count). The van der Waals surface area contributed by atoms with Crippen LogP contribution in [0.2, 0.25) is 10.0 Å². The SMILES string of the molecule is CCCCC(=O)Cc1ccc(Oc2ncnc3cc(OCCCN4CCC5(CC4)COC5)c(OC)cc23)cc1Cl.CCCCC(=O)Cc1ccc(Oc2ncnc3cc(OCCCN4CCC5(COC5)C4)c(OC)cc23)cc1Cl. The zero-order valence-corrected chi connectivity index (χ0v) is 47.6. The molecule has 16 nitrogen and oxygen atoms in total. The number of carbonyl (C=O) groups excluding carboxylic acids is 2. The summed E-state index contributed by atoms with van der Waals surface area (Å²) in [5.74, 6) is 4.67. The van der Waals surface area contributed by atoms with Gasteiger partial charge in [-0.15, -0.1) is 0 Å². The molecule has 0 atom stereocenters. The molecular formula is C61H74Cl2N6O10. The normalized spacial score (nSPS) is 16.5. The van der Waals surface area contributed by atoms with Gasteiger partial charge in [-0.3, -0.25) is 9.59 Å². The van der Waals surface area contributed by atoms with Crippen LogP contribution in [0.1, 0.15) is 95.6 Å². The number of benzene rings is 4. The number of methoxy groups -OCH3 is 2. The fourth-order valence-electron chi connectivity index (χ4n) is 10.5. The van der Waals surface area contributed by atoms with E-state index in [1.807, 2.05) is 36.4 Å². The van der Waals surface area contributed by atoms with E-state index < -0.39 is 0 Å². The molecule has 422 valence electrons. The topological polar surface area (TPSA) is 166 Å². The highest BCUT2D eigenvalue weighted by Crippen LogP contribution is 2.41. The van der Waals surface area contributed by atoms with Gasteiger partial charge in [0.25, 0.3) is 0 Å². The number of hydrogen-bond acceptors (Lipinski definition) is 16. The average molecular weight is 1120 g/mol. The first-order valence-corrected chi connectivity index (χ1v) is 28.7. The van der Waals surface area contributed by atoms with Crippen LogP contribution < -0.4 is 28.4 Å². The molecule has 0 radical (unpaired) electrons. The Bertz CT molecular complexity index is 3040. The third kappa shape index (κ3) is 15.1. The Morgan fingerprint density at radius 1 is 0.570 bits per heavy atom. The number of carbonyl (C=O) groups is 2. The van der Waals surface area contributed by atoms with E-state index in [0.717, 1.165) is 115 Å². The highest BCUT2D eigenvalue weighted by atomic mass is 35.5. The molecule has 18 heteroatoms. The van der Waals surface area contributed by atoms with Crippen molar-refractivity contribution in [1.29, 1.82) is 0 Å². The van der Waals surface area contributed by atoms with Crippen LogP contribution in [0, 0.1) is 10.8 Å². The lowest BCUT2D eigenvalue weighted by molar-refractivity contribution is -0.139. The predicted octanol–water partition coefficient (Wildman–Crippen LogP) is 12.1. The van der Waals surface area contributed by atoms with Crippen molar-refractivity contribution in [2.75, 3.05) is 93.1 Å². The highest BCUT2D eigenvalue weighted by molar-refractivity contribution is 6.32. The minimum atomic E-state index is 0.188. The van der Waals surface area contributed by atoms with Gasteiger partial charge in [-0.05, 0) is 112 Å². The molecule has 0 aliphatic carbocycles. The van der Waals surface area contributed by atoms with E-state index in [1.165, 1.54) is 31.9 Å². The molecule has 0 bridgehead atoms. The highest BCUT2D eigenvalue weighted by Gasteiger charge is 2.44. The molecule has 0 saturated carbocycles. The molecule has 4 aromatic carbocycles. The number of piperidine rings is 1. The van der Waals surface area contributed by atoms with Gasteiger partial charge in [0.15, 0.2) is 23.0 Å². The Morgan fingerprint density at radius 3 is 1.44 bits per heavy atom. The van der Waals surface area contributed by atoms with Crippen molar-refractivity contribution >= 4 is 56.6 Å². The molecule has 6 aromatic rings. The van der Waals surface area contributed by atoms with Crippen LogP contribution >= 0.6 is 23.2 Å². The van der Waals surface area contributed by atoms with Crippen LogP contribution in [0.3, 0.4) is 0 Å². The van der Waals surface area contributed by atoms with Gasteiger partial charge in [0.2, 0.25) is 11.8 Å². The quantitative estimate of drug-likeness (QED) is 0.0470. The molecule has 4 aliphatic heterocycles. The summed E-state index contributed by atoms with van der Waals surface area (Å²) in [6, 6.07) is 18.1. The van der Waals surface area contributed by atoms with E-state index in [9.17, 15) is 9.59 Å². The van der Waals surface area contributed by atoms with Crippen molar-refractivity contribution in [1.82, 2.24) is 29.7 Å². The van der Waals surface area contributed by atoms with Gasteiger partial charge in [0.05, 0.1) is 75.7 Å². The second-order valence-electron chi connectivity index (χ2n) is 21.5. The summed E-state index contributed by atoms with van der Waals surface area (Å²) in [5, 5.41) is 2.38. The number of fused-ring (bicyclic) bond motifs is 2. The van der Waals surface area contributed by atoms with Crippen LogP contribution in [-0.2, 0) is 31.9 Å². The number of Topliss-reactive ketones (excluding diaryl/α,β-unsaturated/α-hetero) is 2. The summed E-state index contributed by atoms with van der Waals surface area (Å²) in [7, 11) is 3.23. The number of aromatic nitrogens is 4. The maximum absolute atomic E-state index is 12.2. The molecule has 0 N–H and O–H groups in total. The van der Waals surface area contributed by atoms with Gasteiger partial charge in [-0.2, -0.15) is 0 Å². The Hall–Kier alpha value is -5.88. The summed E-state index contributed by atoms with van der Waals surface area (Å²) < 4.78 is 46.5. The van der Waals surface area contributed by atoms with Crippen molar-refractivity contribution in [3.8, 4) is 46.3 Å². The van der Waals surface area contributed by atoms with Crippen LogP contribution in [0.25, 0.3) is 21.8 Å². The van der Waals surface area contributed by atoms with Gasteiger partial charge in [-0.25, -0.2) is 19.9 Å². The molecule has 4 saturated heterocycles. The first-order chi connectivity index (χ1) is 38.5. The lowest BCUT2D eigenvalue weighted by Gasteiger charge is -2.47. The summed E-state index contributed by atoms with van der Waals surface area (Å²) in [5.41, 5.74) is 3.83. The zero-order valence-electron chi connectivity index (χ0n) is 46.1. The van der Waals surface area contributed by atoms with E-state index in [2.05, 4.69) is 43.6 Å². The smallest absolute Gasteiger partial charge is 0.230 e. The minimum absolute atomic E-state index is 0.188. The van der Waals surface area contributed by atoms with Crippen molar-refractivity contribution < 1.29 is 47.5 Å². The standard InChI is InChI=1S/C31H38ClN3O5.C30H36ClN3O5/c1-3-4-6-23(36)15-22-7-8-24(16-26(22)32)40-30-25-17-28(37-2)29(18-27(25)33-21-34-30)39-14-5-11-35-12-9-31(10-13-35)19-38-20-31;1-3-4-6-22(35)13-21-7-8-23(14-25(21)31)39-29-24-15-27(36-2)28(16-26(24)32-20-33-29)38-12-5-10-34-11-9-30(17-34)18-37-19-30/h7-8,16-18,21H,3-6,9-15,19-20H2,1-2H3;7-8,14-16,20H,3-6,9-13,17-19H2,1-2H3. The monoisotopic (exact) mass is 1120 g/mol. The van der Waals surface area contributed by atoms with Crippen LogP contribution in [0.4, 0.5) is 0 Å². The number of unbranched alkanes of at least 4 members (excludes halogenated alkanes) is 2. The van der Waals surface area contributed by atoms with E-state index >= 15 is 0 Å². The Labute approximate surface area is 473 Å². The van der Waals surface area contributed by atoms with Gasteiger partial charge in [-0.1, -0.05) is 62.0 Å². The van der Waals surface area contributed by atoms with Gasteiger partial charge < -0.3 is 47.7 Å². The van der Waals surface area contributed by atoms with Crippen molar-refractivity contribution in [3.63, 3.8) is 0 Å². The second-order valence-corrected chi connectivity index (χ2v) is 22.3. The van der Waals surface area contributed by atoms with Crippen LogP contribution in [0.15, 0.2) is 73.3 Å². The van der Waals surface area contributed by atoms with Crippen molar-refractivity contribution in [2.45, 2.75) is 97.3 Å². The minimum Gasteiger partial charge on any atom is -0.493 e. The first-order valence-electron chi connectivity index (χ1n) is 27.9. The fourth-order valence-corrected chi connectivity index (χ4v) is 11.0. The van der Waals surface area contributed by atoms with E-state index in [4.69, 9.17) is 61.1 Å². The average Bonchev–Trinajstić information content (AvgIpc) is 3.94. The molecule has 4 aliphatic rings. The second kappa shape index (κ2) is 27.5. The number of hydrogen-bond donors (Lipinski definition) is 0. The number of likely N-dealkylation sites (tertiary alicyclic amines) is 2. The molecule has 6 heterocycles. The molecule has 79 heavy (non-hydrogen) atoms. The zero-order chi connectivity index (χ0) is 55.2. The van der Waals surface area contributed by atoms with Gasteiger partial charge in [0.1, 0.15) is 35.7 Å². The number of rotatable bonds is 26. The maximum atomic E-state index is 12.2. The van der Waals surface area contributed by atoms with Crippen molar-refractivity contribution in [3.05, 3.63) is 94.5 Å². The Morgan fingerprint density at radius 2 is 1.03 bits per heavy atom. The predicted molar refractivity (Wildman–Crippen MR) is 305 cm³/mol. The Balaban J connectivity index is 0.000000192. The summed E-state index contributed by atoms with van der Waals surface area (Å²) in [6.45, 7) is 15.5. The molecule has 2 spiro atoms. The molecule has 0 amide bonds. The molecular weight excluding hydrogens is 1050 g/mol. The summed E-state index contributed by atoms with van der Waals surface area (Å²) in [6.07, 6.45) is 14.0. The largest absolute Gasteiger partial charge is 0.493 e. The molecule has 0 unspecified atom stereocenters. The Kier molecular flexibility index (Phi) is 20.1. The number of nitrogens with zero attached hydrogens (tertiary/aromatic N) is 6. The van der Waals surface area contributed by atoms with Crippen LogP contribution in [0.5, 0.6) is 46.3 Å². The maximum Gasteiger partial charge on any atom is 0.230 e. The van der Waals surface area contributed by atoms with Gasteiger partial charge >= 0.3 is 0 Å². The van der Waals surface area contributed by atoms with E-state index in [1.54, 1.807) is 38.5 Å². The van der Waals surface area contributed by atoms with Gasteiger partial charge in [0, 0.05) is 78.3 Å².